The van der Waals surface area contributed by atoms with Crippen molar-refractivity contribution in [1.29, 1.82) is 0 Å². The van der Waals surface area contributed by atoms with E-state index >= 15 is 0 Å². The van der Waals surface area contributed by atoms with Crippen molar-refractivity contribution < 1.29 is 13.5 Å². The van der Waals surface area contributed by atoms with E-state index < -0.39 is 13.0 Å². The number of nitrogens with zero attached hydrogens (tertiary/aromatic N) is 1. The van der Waals surface area contributed by atoms with E-state index in [2.05, 4.69) is 37.9 Å². The van der Waals surface area contributed by atoms with E-state index in [0.29, 0.717) is 30.5 Å². The molecule has 1 saturated heterocycles. The number of nitrogens with one attached hydrogen (secondary N) is 1. The summed E-state index contributed by atoms with van der Waals surface area (Å²) in [5.74, 6) is 1.22. The second kappa shape index (κ2) is 8.90. The Bertz CT molecular complexity index is 262. The smallest absolute Gasteiger partial charge is 0.261 e. The Morgan fingerprint density at radius 1 is 1.25 bits per heavy atom. The first-order chi connectivity index (χ1) is 9.40. The van der Waals surface area contributed by atoms with Crippen molar-refractivity contribution >= 4 is 0 Å². The second-order valence-corrected chi connectivity index (χ2v) is 6.51. The number of hydrogen-bond donors (Lipinski definition) is 1. The minimum Gasteiger partial charge on any atom is -0.374 e. The van der Waals surface area contributed by atoms with Gasteiger partial charge in [-0.1, -0.05) is 27.7 Å². The average molecular weight is 292 g/mol. The number of rotatable bonds is 8. The van der Waals surface area contributed by atoms with Gasteiger partial charge >= 0.3 is 0 Å². The van der Waals surface area contributed by atoms with Crippen LogP contribution in [0.25, 0.3) is 0 Å². The van der Waals surface area contributed by atoms with E-state index in [1.807, 2.05) is 0 Å². The summed E-state index contributed by atoms with van der Waals surface area (Å²) >= 11 is 0. The fourth-order valence-electron chi connectivity index (χ4n) is 2.90. The fourth-order valence-corrected chi connectivity index (χ4v) is 2.90. The Morgan fingerprint density at radius 3 is 2.50 bits per heavy atom. The van der Waals surface area contributed by atoms with Gasteiger partial charge in [-0.3, -0.25) is 4.90 Å². The van der Waals surface area contributed by atoms with Crippen LogP contribution in [0.15, 0.2) is 0 Å². The van der Waals surface area contributed by atoms with E-state index in [1.165, 1.54) is 0 Å². The molecule has 0 amide bonds. The van der Waals surface area contributed by atoms with Crippen LogP contribution < -0.4 is 5.32 Å². The van der Waals surface area contributed by atoms with Crippen molar-refractivity contribution in [1.82, 2.24) is 10.2 Å². The van der Waals surface area contributed by atoms with Gasteiger partial charge in [-0.2, -0.15) is 0 Å². The SMILES string of the molecule is CC(C)CC1CN(CCOCC(F)F)C(C(C)C)CN1. The molecule has 0 aromatic carbocycles. The van der Waals surface area contributed by atoms with Crippen molar-refractivity contribution in [2.75, 3.05) is 32.8 Å². The largest absolute Gasteiger partial charge is 0.374 e. The molecule has 1 rings (SSSR count). The van der Waals surface area contributed by atoms with Gasteiger partial charge in [0.2, 0.25) is 0 Å². The van der Waals surface area contributed by atoms with Gasteiger partial charge < -0.3 is 10.1 Å². The highest BCUT2D eigenvalue weighted by Crippen LogP contribution is 2.18. The Morgan fingerprint density at radius 2 is 1.95 bits per heavy atom. The molecule has 2 unspecified atom stereocenters. The third-order valence-corrected chi connectivity index (χ3v) is 3.83. The predicted molar refractivity (Wildman–Crippen MR) is 78.3 cm³/mol. The molecule has 0 radical (unpaired) electrons. The fraction of sp³-hybridized carbons (Fsp3) is 1.00. The Kier molecular flexibility index (Phi) is 7.92. The molecule has 5 heteroatoms. The first-order valence-electron chi connectivity index (χ1n) is 7.73. The molecule has 0 spiro atoms. The molecule has 1 fully saturated rings. The standard InChI is InChI=1S/C15H30F2N2O/c1-11(2)7-13-9-19(5-6-20-10-15(16)17)14(8-18-13)12(3)4/h11-15,18H,5-10H2,1-4H3. The van der Waals surface area contributed by atoms with E-state index in [1.54, 1.807) is 0 Å². The van der Waals surface area contributed by atoms with Crippen molar-refractivity contribution in [2.24, 2.45) is 11.8 Å². The van der Waals surface area contributed by atoms with Crippen LogP contribution in [0.4, 0.5) is 8.78 Å². The Labute approximate surface area is 122 Å². The topological polar surface area (TPSA) is 24.5 Å². The maximum Gasteiger partial charge on any atom is 0.261 e. The molecule has 120 valence electrons. The van der Waals surface area contributed by atoms with Crippen LogP contribution in [0, 0.1) is 11.8 Å². The lowest BCUT2D eigenvalue weighted by molar-refractivity contribution is -0.00316. The molecule has 20 heavy (non-hydrogen) atoms. The van der Waals surface area contributed by atoms with Crippen molar-refractivity contribution in [3.05, 3.63) is 0 Å². The van der Waals surface area contributed by atoms with E-state index in [-0.39, 0.29) is 0 Å². The molecule has 0 saturated carbocycles. The van der Waals surface area contributed by atoms with Crippen LogP contribution >= 0.6 is 0 Å². The zero-order chi connectivity index (χ0) is 15.1. The van der Waals surface area contributed by atoms with Crippen LogP contribution in [0.2, 0.25) is 0 Å². The summed E-state index contributed by atoms with van der Waals surface area (Å²) in [6.45, 7) is 11.5. The zero-order valence-electron chi connectivity index (χ0n) is 13.2. The summed E-state index contributed by atoms with van der Waals surface area (Å²) in [4.78, 5) is 2.40. The lowest BCUT2D eigenvalue weighted by Crippen LogP contribution is -2.59. The summed E-state index contributed by atoms with van der Waals surface area (Å²) in [5, 5.41) is 3.62. The summed E-state index contributed by atoms with van der Waals surface area (Å²) in [5.41, 5.74) is 0. The lowest BCUT2D eigenvalue weighted by Gasteiger charge is -2.43. The summed E-state index contributed by atoms with van der Waals surface area (Å²) in [6.07, 6.45) is -1.22. The molecule has 2 atom stereocenters. The molecule has 3 nitrogen and oxygen atoms in total. The molecule has 1 heterocycles. The molecule has 0 aromatic heterocycles. The molecule has 0 aliphatic carbocycles. The van der Waals surface area contributed by atoms with Crippen LogP contribution in [-0.2, 0) is 4.74 Å². The minimum atomic E-state index is -2.37. The number of piperazine rings is 1. The molecular formula is C15H30F2N2O. The maximum atomic E-state index is 12.1. The van der Waals surface area contributed by atoms with Gasteiger partial charge in [0.05, 0.1) is 6.61 Å². The number of halogens is 2. The van der Waals surface area contributed by atoms with Gasteiger partial charge in [-0.05, 0) is 18.3 Å². The molecule has 0 aromatic rings. The Hall–Kier alpha value is -0.260. The third-order valence-electron chi connectivity index (χ3n) is 3.83. The molecule has 1 aliphatic rings. The van der Waals surface area contributed by atoms with E-state index in [9.17, 15) is 8.78 Å². The summed E-state index contributed by atoms with van der Waals surface area (Å²) in [6, 6.07) is 0.966. The monoisotopic (exact) mass is 292 g/mol. The predicted octanol–water partition coefficient (Wildman–Crippen LogP) is 2.61. The molecule has 0 bridgehead atoms. The van der Waals surface area contributed by atoms with Crippen LogP contribution in [0.3, 0.4) is 0 Å². The van der Waals surface area contributed by atoms with Gasteiger partial charge in [-0.25, -0.2) is 8.78 Å². The van der Waals surface area contributed by atoms with Crippen molar-refractivity contribution in [2.45, 2.75) is 52.6 Å². The zero-order valence-corrected chi connectivity index (χ0v) is 13.2. The number of hydrogen-bond acceptors (Lipinski definition) is 3. The third kappa shape index (κ3) is 6.46. The molecular weight excluding hydrogens is 262 g/mol. The summed E-state index contributed by atoms with van der Waals surface area (Å²) < 4.78 is 29.2. The maximum absolute atomic E-state index is 12.1. The highest BCUT2D eigenvalue weighted by Gasteiger charge is 2.29. The van der Waals surface area contributed by atoms with Gasteiger partial charge in [0, 0.05) is 31.7 Å². The van der Waals surface area contributed by atoms with Crippen LogP contribution in [-0.4, -0.2) is 56.3 Å². The first-order valence-corrected chi connectivity index (χ1v) is 7.73. The number of ether oxygens (including phenoxy) is 1. The van der Waals surface area contributed by atoms with Gasteiger partial charge in [0.15, 0.2) is 0 Å². The molecule has 1 aliphatic heterocycles. The number of alkyl halides is 2. The highest BCUT2D eigenvalue weighted by molar-refractivity contribution is 4.88. The average Bonchev–Trinajstić information content (AvgIpc) is 2.33. The van der Waals surface area contributed by atoms with Gasteiger partial charge in [-0.15, -0.1) is 0 Å². The Balaban J connectivity index is 2.42. The normalized spacial score (nSPS) is 25.1. The van der Waals surface area contributed by atoms with Crippen LogP contribution in [0.5, 0.6) is 0 Å². The minimum absolute atomic E-state index is 0.391. The second-order valence-electron chi connectivity index (χ2n) is 6.51. The highest BCUT2D eigenvalue weighted by atomic mass is 19.3. The van der Waals surface area contributed by atoms with Gasteiger partial charge in [0.25, 0.3) is 6.43 Å². The molecule has 1 N–H and O–H groups in total. The lowest BCUT2D eigenvalue weighted by atomic mass is 9.95. The van der Waals surface area contributed by atoms with Crippen molar-refractivity contribution in [3.8, 4) is 0 Å². The van der Waals surface area contributed by atoms with Gasteiger partial charge in [0.1, 0.15) is 6.61 Å². The summed E-state index contributed by atoms with van der Waals surface area (Å²) in [7, 11) is 0. The van der Waals surface area contributed by atoms with Crippen LogP contribution in [0.1, 0.15) is 34.1 Å². The quantitative estimate of drug-likeness (QED) is 0.696. The first kappa shape index (κ1) is 17.8. The van der Waals surface area contributed by atoms with E-state index in [4.69, 9.17) is 4.74 Å². The van der Waals surface area contributed by atoms with E-state index in [0.717, 1.165) is 26.1 Å². The van der Waals surface area contributed by atoms with Crippen molar-refractivity contribution in [3.63, 3.8) is 0 Å².